The highest BCUT2D eigenvalue weighted by Crippen LogP contribution is 2.31. The molecular weight excluding hydrogens is 286 g/mol. The number of aromatic nitrogens is 2. The Balaban J connectivity index is 2.16. The maximum absolute atomic E-state index is 12.7. The molecule has 0 unspecified atom stereocenters. The molecule has 0 spiro atoms. The second-order valence-corrected chi connectivity index (χ2v) is 5.59. The second-order valence-electron chi connectivity index (χ2n) is 5.19. The first-order chi connectivity index (χ1) is 10.2. The molecule has 2 heterocycles. The molecule has 0 atom stereocenters. The van der Waals surface area contributed by atoms with Crippen molar-refractivity contribution >= 4 is 28.4 Å². The summed E-state index contributed by atoms with van der Waals surface area (Å²) < 4.78 is 1.72. The van der Waals surface area contributed by atoms with Gasteiger partial charge in [0.05, 0.1) is 10.7 Å². The number of benzene rings is 2. The van der Waals surface area contributed by atoms with Gasteiger partial charge in [0.25, 0.3) is 5.91 Å². The Morgan fingerprint density at radius 2 is 1.95 bits per heavy atom. The normalized spacial score (nSPS) is 14.0. The van der Waals surface area contributed by atoms with Crippen LogP contribution in [0.3, 0.4) is 0 Å². The summed E-state index contributed by atoms with van der Waals surface area (Å²) in [6, 6.07) is 13.4. The molecule has 0 saturated carbocycles. The monoisotopic (exact) mass is 297 g/mol. The highest BCUT2D eigenvalue weighted by Gasteiger charge is 2.27. The van der Waals surface area contributed by atoms with E-state index < -0.39 is 0 Å². The summed E-state index contributed by atoms with van der Waals surface area (Å²) in [7, 11) is 1.80. The summed E-state index contributed by atoms with van der Waals surface area (Å²) in [6.07, 6.45) is 0. The standard InChI is InChI=1S/C16H12ClN3O/c1-19-9-10-5-2-3-8-13(10)20-15(16(19)21)11-6-4-7-12(17)14(11)18-20/h2-8H,9H2,1H3. The van der Waals surface area contributed by atoms with E-state index in [4.69, 9.17) is 11.6 Å². The number of halogens is 1. The molecule has 0 bridgehead atoms. The zero-order valence-electron chi connectivity index (χ0n) is 11.4. The van der Waals surface area contributed by atoms with E-state index in [1.165, 1.54) is 0 Å². The summed E-state index contributed by atoms with van der Waals surface area (Å²) in [4.78, 5) is 14.4. The summed E-state index contributed by atoms with van der Waals surface area (Å²) >= 11 is 6.23. The van der Waals surface area contributed by atoms with Crippen molar-refractivity contribution in [2.45, 2.75) is 6.54 Å². The first-order valence-electron chi connectivity index (χ1n) is 6.68. The highest BCUT2D eigenvalue weighted by atomic mass is 35.5. The van der Waals surface area contributed by atoms with Crippen molar-refractivity contribution in [3.63, 3.8) is 0 Å². The van der Waals surface area contributed by atoms with E-state index in [2.05, 4.69) is 5.10 Å². The van der Waals surface area contributed by atoms with Crippen LogP contribution in [-0.2, 0) is 6.54 Å². The molecule has 4 nitrogen and oxygen atoms in total. The maximum Gasteiger partial charge on any atom is 0.273 e. The Hall–Kier alpha value is -2.33. The van der Waals surface area contributed by atoms with E-state index in [0.717, 1.165) is 16.6 Å². The van der Waals surface area contributed by atoms with Gasteiger partial charge in [-0.3, -0.25) is 4.79 Å². The zero-order valence-corrected chi connectivity index (χ0v) is 12.1. The predicted molar refractivity (Wildman–Crippen MR) is 81.9 cm³/mol. The van der Waals surface area contributed by atoms with Gasteiger partial charge in [-0.25, -0.2) is 4.68 Å². The number of para-hydroxylation sites is 1. The predicted octanol–water partition coefficient (Wildman–Crippen LogP) is 3.26. The smallest absolute Gasteiger partial charge is 0.273 e. The van der Waals surface area contributed by atoms with E-state index in [1.807, 2.05) is 36.4 Å². The SMILES string of the molecule is CN1Cc2ccccc2-n2nc3c(Cl)cccc3c2C1=O. The van der Waals surface area contributed by atoms with E-state index in [0.29, 0.717) is 22.8 Å². The van der Waals surface area contributed by atoms with Crippen LogP contribution < -0.4 is 0 Å². The second kappa shape index (κ2) is 4.33. The fraction of sp³-hybridized carbons (Fsp3) is 0.125. The molecular formula is C16H12ClN3O. The molecule has 1 aliphatic rings. The van der Waals surface area contributed by atoms with Gasteiger partial charge < -0.3 is 4.90 Å². The van der Waals surface area contributed by atoms with Gasteiger partial charge in [0.15, 0.2) is 0 Å². The fourth-order valence-corrected chi connectivity index (χ4v) is 3.02. The Kier molecular flexibility index (Phi) is 2.56. The van der Waals surface area contributed by atoms with Crippen molar-refractivity contribution in [3.05, 3.63) is 58.7 Å². The Morgan fingerprint density at radius 3 is 2.81 bits per heavy atom. The van der Waals surface area contributed by atoms with Gasteiger partial charge in [-0.05, 0) is 17.7 Å². The average Bonchev–Trinajstić information content (AvgIpc) is 2.83. The number of hydrogen-bond acceptors (Lipinski definition) is 2. The van der Waals surface area contributed by atoms with Crippen molar-refractivity contribution in [2.24, 2.45) is 0 Å². The van der Waals surface area contributed by atoms with Crippen LogP contribution in [0, 0.1) is 0 Å². The van der Waals surface area contributed by atoms with E-state index >= 15 is 0 Å². The van der Waals surface area contributed by atoms with Crippen LogP contribution in [0.4, 0.5) is 0 Å². The van der Waals surface area contributed by atoms with Crippen LogP contribution in [0.25, 0.3) is 16.6 Å². The molecule has 1 aromatic heterocycles. The maximum atomic E-state index is 12.7. The minimum Gasteiger partial charge on any atom is -0.336 e. The van der Waals surface area contributed by atoms with Gasteiger partial charge in [-0.15, -0.1) is 0 Å². The minimum atomic E-state index is -0.0454. The Morgan fingerprint density at radius 1 is 1.14 bits per heavy atom. The molecule has 0 aliphatic carbocycles. The van der Waals surface area contributed by atoms with Crippen molar-refractivity contribution in [1.29, 1.82) is 0 Å². The summed E-state index contributed by atoms with van der Waals surface area (Å²) in [5, 5.41) is 5.92. The third kappa shape index (κ3) is 1.69. The van der Waals surface area contributed by atoms with Crippen molar-refractivity contribution in [2.75, 3.05) is 7.05 Å². The number of fused-ring (bicyclic) bond motifs is 5. The molecule has 5 heteroatoms. The lowest BCUT2D eigenvalue weighted by Crippen LogP contribution is -2.25. The average molecular weight is 298 g/mol. The lowest BCUT2D eigenvalue weighted by atomic mass is 10.2. The number of carbonyl (C=O) groups excluding carboxylic acids is 1. The number of carbonyl (C=O) groups is 1. The Bertz CT molecular complexity index is 884. The first kappa shape index (κ1) is 12.4. The largest absolute Gasteiger partial charge is 0.336 e. The van der Waals surface area contributed by atoms with Gasteiger partial charge in [-0.2, -0.15) is 5.10 Å². The van der Waals surface area contributed by atoms with Crippen LogP contribution >= 0.6 is 11.6 Å². The zero-order chi connectivity index (χ0) is 14.6. The minimum absolute atomic E-state index is 0.0454. The highest BCUT2D eigenvalue weighted by molar-refractivity contribution is 6.35. The van der Waals surface area contributed by atoms with Crippen LogP contribution in [0.1, 0.15) is 16.1 Å². The van der Waals surface area contributed by atoms with Crippen LogP contribution in [0.15, 0.2) is 42.5 Å². The number of hydrogen-bond donors (Lipinski definition) is 0. The molecule has 1 aliphatic heterocycles. The van der Waals surface area contributed by atoms with Crippen LogP contribution in [0.2, 0.25) is 5.02 Å². The molecule has 0 N–H and O–H groups in total. The van der Waals surface area contributed by atoms with Gasteiger partial charge >= 0.3 is 0 Å². The lowest BCUT2D eigenvalue weighted by Gasteiger charge is -2.13. The molecule has 3 aromatic rings. The quantitative estimate of drug-likeness (QED) is 0.639. The first-order valence-corrected chi connectivity index (χ1v) is 7.05. The summed E-state index contributed by atoms with van der Waals surface area (Å²) in [6.45, 7) is 0.570. The van der Waals surface area contributed by atoms with Gasteiger partial charge in [0, 0.05) is 19.0 Å². The number of amides is 1. The van der Waals surface area contributed by atoms with Gasteiger partial charge in [0.1, 0.15) is 11.2 Å². The molecule has 2 aromatic carbocycles. The molecule has 0 radical (unpaired) electrons. The summed E-state index contributed by atoms with van der Waals surface area (Å²) in [5.74, 6) is -0.0454. The fourth-order valence-electron chi connectivity index (χ4n) is 2.81. The van der Waals surface area contributed by atoms with E-state index in [1.54, 1.807) is 22.7 Å². The molecule has 0 saturated heterocycles. The Labute approximate surface area is 126 Å². The van der Waals surface area contributed by atoms with Crippen LogP contribution in [-0.4, -0.2) is 27.6 Å². The lowest BCUT2D eigenvalue weighted by molar-refractivity contribution is 0.0783. The molecule has 4 rings (SSSR count). The van der Waals surface area contributed by atoms with E-state index in [9.17, 15) is 4.79 Å². The van der Waals surface area contributed by atoms with Crippen molar-refractivity contribution < 1.29 is 4.79 Å². The molecule has 1 amide bonds. The van der Waals surface area contributed by atoms with Crippen molar-refractivity contribution in [1.82, 2.24) is 14.7 Å². The molecule has 21 heavy (non-hydrogen) atoms. The van der Waals surface area contributed by atoms with E-state index in [-0.39, 0.29) is 5.91 Å². The van der Waals surface area contributed by atoms with Crippen LogP contribution in [0.5, 0.6) is 0 Å². The van der Waals surface area contributed by atoms with Gasteiger partial charge in [-0.1, -0.05) is 41.9 Å². The third-order valence-corrected chi connectivity index (χ3v) is 4.14. The summed E-state index contributed by atoms with van der Waals surface area (Å²) in [5.41, 5.74) is 3.22. The van der Waals surface area contributed by atoms with Gasteiger partial charge in [0.2, 0.25) is 0 Å². The number of rotatable bonds is 0. The molecule has 0 fully saturated rings. The molecule has 104 valence electrons. The third-order valence-electron chi connectivity index (χ3n) is 3.83. The van der Waals surface area contributed by atoms with Crippen molar-refractivity contribution in [3.8, 4) is 5.69 Å². The topological polar surface area (TPSA) is 38.1 Å². The number of nitrogens with zero attached hydrogens (tertiary/aromatic N) is 3.